The number of carbonyl (C=O) groups excluding carboxylic acids is 1. The lowest BCUT2D eigenvalue weighted by Crippen LogP contribution is -2.25. The predicted molar refractivity (Wildman–Crippen MR) is 56.7 cm³/mol. The Labute approximate surface area is 92.0 Å². The molecule has 0 aliphatic rings. The van der Waals surface area contributed by atoms with Gasteiger partial charge in [-0.3, -0.25) is 14.9 Å². The fourth-order valence-corrected chi connectivity index (χ4v) is 1.20. The Kier molecular flexibility index (Phi) is 3.96. The molecule has 0 bridgehead atoms. The molecule has 1 unspecified atom stereocenters. The Morgan fingerprint density at radius 3 is 2.88 bits per heavy atom. The number of aliphatic hydroxyl groups excluding tert-OH is 1. The second-order valence-corrected chi connectivity index (χ2v) is 3.30. The summed E-state index contributed by atoms with van der Waals surface area (Å²) in [5, 5.41) is 22.6. The topological polar surface area (TPSA) is 92.5 Å². The monoisotopic (exact) mass is 224 g/mol. The van der Waals surface area contributed by atoms with E-state index in [4.69, 9.17) is 0 Å². The van der Waals surface area contributed by atoms with Crippen molar-refractivity contribution in [1.29, 1.82) is 0 Å². The maximum Gasteiger partial charge on any atom is 0.269 e. The summed E-state index contributed by atoms with van der Waals surface area (Å²) in [6, 6.07) is 5.69. The summed E-state index contributed by atoms with van der Waals surface area (Å²) < 4.78 is 0. The second-order valence-electron chi connectivity index (χ2n) is 3.30. The number of aliphatic hydroxyl groups is 1. The minimum Gasteiger partial charge on any atom is -0.387 e. The maximum atomic E-state index is 10.6. The van der Waals surface area contributed by atoms with Crippen molar-refractivity contribution in [2.75, 3.05) is 6.54 Å². The highest BCUT2D eigenvalue weighted by Gasteiger charge is 2.12. The van der Waals surface area contributed by atoms with E-state index in [-0.39, 0.29) is 18.1 Å². The van der Waals surface area contributed by atoms with Gasteiger partial charge in [0.05, 0.1) is 11.0 Å². The van der Waals surface area contributed by atoms with E-state index < -0.39 is 11.0 Å². The quantitative estimate of drug-likeness (QED) is 0.583. The fraction of sp³-hybridized carbons (Fsp3) is 0.300. The largest absolute Gasteiger partial charge is 0.387 e. The molecule has 1 rings (SSSR count). The summed E-state index contributed by atoms with van der Waals surface area (Å²) in [6.07, 6.45) is -0.941. The average Bonchev–Trinajstić information content (AvgIpc) is 2.26. The van der Waals surface area contributed by atoms with Crippen LogP contribution in [0.25, 0.3) is 0 Å². The summed E-state index contributed by atoms with van der Waals surface area (Å²) in [5.41, 5.74) is 0.322. The zero-order valence-electron chi connectivity index (χ0n) is 8.71. The van der Waals surface area contributed by atoms with Crippen LogP contribution in [-0.4, -0.2) is 22.5 Å². The van der Waals surface area contributed by atoms with E-state index >= 15 is 0 Å². The lowest BCUT2D eigenvalue weighted by Gasteiger charge is -2.10. The van der Waals surface area contributed by atoms with E-state index in [0.29, 0.717) is 5.56 Å². The molecule has 0 spiro atoms. The van der Waals surface area contributed by atoms with Crippen LogP contribution in [0, 0.1) is 10.1 Å². The first kappa shape index (κ1) is 12.1. The zero-order chi connectivity index (χ0) is 12.1. The summed E-state index contributed by atoms with van der Waals surface area (Å²) in [5.74, 6) is -0.260. The van der Waals surface area contributed by atoms with Crippen LogP contribution >= 0.6 is 0 Å². The van der Waals surface area contributed by atoms with Gasteiger partial charge in [0.15, 0.2) is 0 Å². The van der Waals surface area contributed by atoms with Crippen LogP contribution in [-0.2, 0) is 4.79 Å². The van der Waals surface area contributed by atoms with E-state index in [2.05, 4.69) is 5.32 Å². The molecule has 0 saturated carbocycles. The van der Waals surface area contributed by atoms with E-state index in [0.717, 1.165) is 0 Å². The van der Waals surface area contributed by atoms with Gasteiger partial charge < -0.3 is 10.4 Å². The molecule has 86 valence electrons. The lowest BCUT2D eigenvalue weighted by atomic mass is 10.1. The summed E-state index contributed by atoms with van der Waals surface area (Å²) in [4.78, 5) is 20.6. The van der Waals surface area contributed by atoms with Gasteiger partial charge in [-0.05, 0) is 5.56 Å². The lowest BCUT2D eigenvalue weighted by molar-refractivity contribution is -0.385. The van der Waals surface area contributed by atoms with E-state index in [9.17, 15) is 20.0 Å². The van der Waals surface area contributed by atoms with E-state index in [1.54, 1.807) is 6.07 Å². The molecule has 6 heteroatoms. The van der Waals surface area contributed by atoms with Gasteiger partial charge in [-0.25, -0.2) is 0 Å². The molecule has 1 aromatic rings. The molecule has 6 nitrogen and oxygen atoms in total. The van der Waals surface area contributed by atoms with Gasteiger partial charge in [-0.1, -0.05) is 12.1 Å². The number of non-ortho nitro benzene ring substituents is 1. The Hall–Kier alpha value is -1.95. The molecular formula is C10H12N2O4. The van der Waals surface area contributed by atoms with Gasteiger partial charge in [0.2, 0.25) is 5.91 Å². The number of hydrogen-bond acceptors (Lipinski definition) is 4. The van der Waals surface area contributed by atoms with Crippen LogP contribution in [0.5, 0.6) is 0 Å². The maximum absolute atomic E-state index is 10.6. The first-order chi connectivity index (χ1) is 7.50. The van der Waals surface area contributed by atoms with Crippen LogP contribution in [0.3, 0.4) is 0 Å². The number of nitrogens with one attached hydrogen (secondary N) is 1. The van der Waals surface area contributed by atoms with Crippen LogP contribution in [0.2, 0.25) is 0 Å². The van der Waals surface area contributed by atoms with Crippen LogP contribution in [0.15, 0.2) is 24.3 Å². The van der Waals surface area contributed by atoms with Crippen LogP contribution in [0.4, 0.5) is 5.69 Å². The van der Waals surface area contributed by atoms with Gasteiger partial charge in [0, 0.05) is 25.6 Å². The first-order valence-electron chi connectivity index (χ1n) is 4.67. The number of nitro groups is 1. The zero-order valence-corrected chi connectivity index (χ0v) is 8.71. The Bertz CT molecular complexity index is 406. The molecule has 1 aromatic carbocycles. The molecular weight excluding hydrogens is 212 g/mol. The molecule has 0 heterocycles. The van der Waals surface area contributed by atoms with Crippen molar-refractivity contribution >= 4 is 11.6 Å². The van der Waals surface area contributed by atoms with Crippen molar-refractivity contribution in [1.82, 2.24) is 5.32 Å². The Morgan fingerprint density at radius 1 is 1.62 bits per heavy atom. The first-order valence-corrected chi connectivity index (χ1v) is 4.67. The molecule has 1 atom stereocenters. The molecule has 0 aliphatic carbocycles. The third-order valence-electron chi connectivity index (χ3n) is 2.01. The number of rotatable bonds is 4. The van der Waals surface area contributed by atoms with Crippen LogP contribution < -0.4 is 5.32 Å². The number of benzene rings is 1. The summed E-state index contributed by atoms with van der Waals surface area (Å²) in [7, 11) is 0. The summed E-state index contributed by atoms with van der Waals surface area (Å²) >= 11 is 0. The normalized spacial score (nSPS) is 11.9. The third kappa shape index (κ3) is 3.32. The fourth-order valence-electron chi connectivity index (χ4n) is 1.20. The third-order valence-corrected chi connectivity index (χ3v) is 2.01. The second kappa shape index (κ2) is 5.22. The molecule has 16 heavy (non-hydrogen) atoms. The van der Waals surface area contributed by atoms with Crippen molar-refractivity contribution in [3.63, 3.8) is 0 Å². The van der Waals surface area contributed by atoms with Gasteiger partial charge in [-0.2, -0.15) is 0 Å². The summed E-state index contributed by atoms with van der Waals surface area (Å²) in [6.45, 7) is 1.37. The number of nitrogens with zero attached hydrogens (tertiary/aromatic N) is 1. The minimum absolute atomic E-state index is 0.0382. The van der Waals surface area contributed by atoms with E-state index in [1.165, 1.54) is 25.1 Å². The van der Waals surface area contributed by atoms with Gasteiger partial charge in [0.25, 0.3) is 5.69 Å². The van der Waals surface area contributed by atoms with Crippen LogP contribution in [0.1, 0.15) is 18.6 Å². The predicted octanol–water partition coefficient (Wildman–Crippen LogP) is 0.764. The smallest absolute Gasteiger partial charge is 0.269 e. The molecule has 0 radical (unpaired) electrons. The highest BCUT2D eigenvalue weighted by Crippen LogP contribution is 2.18. The van der Waals surface area contributed by atoms with Gasteiger partial charge in [-0.15, -0.1) is 0 Å². The Balaban J connectivity index is 2.75. The van der Waals surface area contributed by atoms with Crippen molar-refractivity contribution in [2.24, 2.45) is 0 Å². The average molecular weight is 224 g/mol. The molecule has 1 amide bonds. The molecule has 0 saturated heterocycles. The number of carbonyl (C=O) groups is 1. The molecule has 0 aromatic heterocycles. The van der Waals surface area contributed by atoms with Crippen molar-refractivity contribution in [3.8, 4) is 0 Å². The highest BCUT2D eigenvalue weighted by atomic mass is 16.6. The Morgan fingerprint density at radius 2 is 2.31 bits per heavy atom. The van der Waals surface area contributed by atoms with E-state index in [1.807, 2.05) is 0 Å². The van der Waals surface area contributed by atoms with Crippen molar-refractivity contribution in [3.05, 3.63) is 39.9 Å². The number of hydrogen-bond donors (Lipinski definition) is 2. The SMILES string of the molecule is CC(=O)NCC(O)c1cccc([N+](=O)[O-])c1. The molecule has 0 aliphatic heterocycles. The number of nitro benzene ring substituents is 1. The highest BCUT2D eigenvalue weighted by molar-refractivity contribution is 5.72. The standard InChI is InChI=1S/C10H12N2O4/c1-7(13)11-6-10(14)8-3-2-4-9(5-8)12(15)16/h2-5,10,14H,6H2,1H3,(H,11,13). The van der Waals surface area contributed by atoms with Crippen molar-refractivity contribution < 1.29 is 14.8 Å². The number of amides is 1. The molecule has 2 N–H and O–H groups in total. The van der Waals surface area contributed by atoms with Gasteiger partial charge >= 0.3 is 0 Å². The van der Waals surface area contributed by atoms with Crippen molar-refractivity contribution in [2.45, 2.75) is 13.0 Å². The molecule has 0 fully saturated rings. The van der Waals surface area contributed by atoms with Gasteiger partial charge in [0.1, 0.15) is 0 Å². The minimum atomic E-state index is -0.941.